The molecule has 1 saturated heterocycles. The second kappa shape index (κ2) is 5.90. The summed E-state index contributed by atoms with van der Waals surface area (Å²) in [7, 11) is 0. The molecule has 13 heavy (non-hydrogen) atoms. The number of terminal acetylenes is 1. The molecule has 1 amide bonds. The maximum Gasteiger partial charge on any atom is 0.256 e. The number of hydroxylamine groups is 1. The van der Waals surface area contributed by atoms with Crippen LogP contribution in [0.25, 0.3) is 0 Å². The van der Waals surface area contributed by atoms with Gasteiger partial charge in [-0.25, -0.2) is 5.48 Å². The fourth-order valence-electron chi connectivity index (χ4n) is 1.16. The van der Waals surface area contributed by atoms with Crippen molar-refractivity contribution < 1.29 is 9.63 Å². The zero-order valence-electron chi connectivity index (χ0n) is 7.41. The van der Waals surface area contributed by atoms with Crippen molar-refractivity contribution in [3.63, 3.8) is 0 Å². The fraction of sp³-hybridized carbons (Fsp3) is 0.667. The van der Waals surface area contributed by atoms with Gasteiger partial charge in [-0.05, 0) is 18.6 Å². The van der Waals surface area contributed by atoms with Crippen LogP contribution in [0.3, 0.4) is 0 Å². The summed E-state index contributed by atoms with van der Waals surface area (Å²) in [6, 6.07) is 0. The largest absolute Gasteiger partial charge is 0.272 e. The molecule has 1 N–H and O–H groups in total. The lowest BCUT2D eigenvalue weighted by atomic mass is 10.2. The molecule has 0 aromatic heterocycles. The highest BCUT2D eigenvalue weighted by atomic mass is 32.2. The summed E-state index contributed by atoms with van der Waals surface area (Å²) >= 11 is 1.69. The lowest BCUT2D eigenvalue weighted by molar-refractivity contribution is -0.132. The second-order valence-corrected chi connectivity index (χ2v) is 4.12. The van der Waals surface area contributed by atoms with Crippen molar-refractivity contribution in [1.29, 1.82) is 0 Å². The van der Waals surface area contributed by atoms with Crippen LogP contribution in [-0.4, -0.2) is 23.5 Å². The van der Waals surface area contributed by atoms with Crippen LogP contribution in [0, 0.1) is 12.3 Å². The summed E-state index contributed by atoms with van der Waals surface area (Å²) in [5.41, 5.74) is 2.35. The first-order chi connectivity index (χ1) is 6.34. The van der Waals surface area contributed by atoms with Crippen molar-refractivity contribution in [3.05, 3.63) is 0 Å². The van der Waals surface area contributed by atoms with Crippen LogP contribution in [0.4, 0.5) is 0 Å². The summed E-state index contributed by atoms with van der Waals surface area (Å²) in [6.45, 7) is 0.128. The third kappa shape index (κ3) is 3.71. The summed E-state index contributed by atoms with van der Waals surface area (Å²) in [5.74, 6) is 3.29. The fourth-order valence-corrected chi connectivity index (χ4v) is 2.35. The Balaban J connectivity index is 2.18. The maximum atomic E-state index is 11.3. The highest BCUT2D eigenvalue weighted by Crippen LogP contribution is 2.24. The molecule has 3 nitrogen and oxygen atoms in total. The molecule has 1 unspecified atom stereocenters. The highest BCUT2D eigenvalue weighted by molar-refractivity contribution is 8.00. The molecular weight excluding hydrogens is 186 g/mol. The number of carbonyl (C=O) groups is 1. The Kier molecular flexibility index (Phi) is 4.73. The van der Waals surface area contributed by atoms with E-state index in [2.05, 4.69) is 11.4 Å². The molecule has 0 bridgehead atoms. The van der Waals surface area contributed by atoms with E-state index >= 15 is 0 Å². The minimum atomic E-state index is -0.0556. The van der Waals surface area contributed by atoms with Crippen molar-refractivity contribution >= 4 is 17.7 Å². The number of thioether (sulfide) groups is 1. The minimum absolute atomic E-state index is 0.0477. The number of rotatable bonds is 3. The van der Waals surface area contributed by atoms with Gasteiger partial charge in [0.2, 0.25) is 0 Å². The molecule has 0 spiro atoms. The molecular formula is C9H13NO2S. The Morgan fingerprint density at radius 2 is 2.54 bits per heavy atom. The average Bonchev–Trinajstić information content (AvgIpc) is 2.19. The minimum Gasteiger partial charge on any atom is -0.272 e. The predicted molar refractivity (Wildman–Crippen MR) is 53.0 cm³/mol. The Morgan fingerprint density at radius 3 is 3.15 bits per heavy atom. The van der Waals surface area contributed by atoms with E-state index in [-0.39, 0.29) is 17.8 Å². The number of hydrogen-bond donors (Lipinski definition) is 1. The highest BCUT2D eigenvalue weighted by Gasteiger charge is 2.21. The molecule has 1 fully saturated rings. The molecule has 1 aliphatic heterocycles. The van der Waals surface area contributed by atoms with E-state index in [9.17, 15) is 4.79 Å². The van der Waals surface area contributed by atoms with Gasteiger partial charge in [-0.2, -0.15) is 0 Å². The van der Waals surface area contributed by atoms with Crippen molar-refractivity contribution in [2.75, 3.05) is 12.4 Å². The normalized spacial score (nSPS) is 21.9. The van der Waals surface area contributed by atoms with Crippen molar-refractivity contribution in [1.82, 2.24) is 5.48 Å². The Labute approximate surface area is 82.6 Å². The van der Waals surface area contributed by atoms with Gasteiger partial charge in [-0.1, -0.05) is 12.3 Å². The van der Waals surface area contributed by atoms with Gasteiger partial charge in [0, 0.05) is 0 Å². The monoisotopic (exact) mass is 199 g/mol. The zero-order valence-corrected chi connectivity index (χ0v) is 8.23. The number of amides is 1. The molecule has 0 saturated carbocycles. The van der Waals surface area contributed by atoms with Crippen LogP contribution in [0.15, 0.2) is 0 Å². The van der Waals surface area contributed by atoms with Gasteiger partial charge in [0.05, 0.1) is 5.25 Å². The van der Waals surface area contributed by atoms with Crippen LogP contribution in [0.1, 0.15) is 19.3 Å². The molecule has 1 aliphatic rings. The summed E-state index contributed by atoms with van der Waals surface area (Å²) in [5, 5.41) is 0.0477. The molecule has 0 radical (unpaired) electrons. The topological polar surface area (TPSA) is 38.3 Å². The van der Waals surface area contributed by atoms with Gasteiger partial charge in [-0.15, -0.1) is 18.2 Å². The van der Waals surface area contributed by atoms with Crippen molar-refractivity contribution in [2.45, 2.75) is 24.5 Å². The Bertz CT molecular complexity index is 206. The van der Waals surface area contributed by atoms with E-state index in [4.69, 9.17) is 11.3 Å². The van der Waals surface area contributed by atoms with E-state index in [0.29, 0.717) is 0 Å². The average molecular weight is 199 g/mol. The number of carbonyl (C=O) groups excluding carboxylic acids is 1. The van der Waals surface area contributed by atoms with Gasteiger partial charge >= 0.3 is 0 Å². The maximum absolute atomic E-state index is 11.3. The molecule has 1 atom stereocenters. The predicted octanol–water partition coefficient (Wildman–Crippen LogP) is 0.953. The Hall–Kier alpha value is -0.660. The van der Waals surface area contributed by atoms with Gasteiger partial charge in [-0.3, -0.25) is 9.63 Å². The summed E-state index contributed by atoms with van der Waals surface area (Å²) in [6.07, 6.45) is 8.24. The van der Waals surface area contributed by atoms with Crippen LogP contribution < -0.4 is 5.48 Å². The van der Waals surface area contributed by atoms with Gasteiger partial charge in [0.15, 0.2) is 0 Å². The molecule has 0 aromatic carbocycles. The van der Waals surface area contributed by atoms with Crippen LogP contribution in [0.5, 0.6) is 0 Å². The SMILES string of the molecule is C#CCONC(=O)C1CCCCS1. The van der Waals surface area contributed by atoms with Crippen molar-refractivity contribution in [2.24, 2.45) is 0 Å². The zero-order chi connectivity index (χ0) is 9.52. The molecule has 0 aromatic rings. The summed E-state index contributed by atoms with van der Waals surface area (Å²) < 4.78 is 0. The van der Waals surface area contributed by atoms with Crippen LogP contribution in [-0.2, 0) is 9.63 Å². The van der Waals surface area contributed by atoms with Crippen molar-refractivity contribution in [3.8, 4) is 12.3 Å². The Morgan fingerprint density at radius 1 is 1.69 bits per heavy atom. The van der Waals surface area contributed by atoms with E-state index < -0.39 is 0 Å². The van der Waals surface area contributed by atoms with E-state index in [1.165, 1.54) is 6.42 Å². The van der Waals surface area contributed by atoms with Crippen LogP contribution in [0.2, 0.25) is 0 Å². The van der Waals surface area contributed by atoms with Crippen LogP contribution >= 0.6 is 11.8 Å². The first-order valence-electron chi connectivity index (χ1n) is 4.31. The third-order valence-corrected chi connectivity index (χ3v) is 3.18. The summed E-state index contributed by atoms with van der Waals surface area (Å²) in [4.78, 5) is 16.1. The third-order valence-electron chi connectivity index (χ3n) is 1.80. The standard InChI is InChI=1S/C9H13NO2S/c1-2-6-12-10-9(11)8-5-3-4-7-13-8/h1,8H,3-7H2,(H,10,11). The first-order valence-corrected chi connectivity index (χ1v) is 5.36. The lowest BCUT2D eigenvalue weighted by Gasteiger charge is -2.19. The second-order valence-electron chi connectivity index (χ2n) is 2.81. The molecule has 0 aliphatic carbocycles. The number of nitrogens with one attached hydrogen (secondary N) is 1. The quantitative estimate of drug-likeness (QED) is 0.418. The van der Waals surface area contributed by atoms with Gasteiger partial charge in [0.1, 0.15) is 6.61 Å². The molecule has 72 valence electrons. The smallest absolute Gasteiger partial charge is 0.256 e. The van der Waals surface area contributed by atoms with Gasteiger partial charge < -0.3 is 0 Å². The van der Waals surface area contributed by atoms with E-state index in [1.807, 2.05) is 0 Å². The molecule has 4 heteroatoms. The van der Waals surface area contributed by atoms with E-state index in [0.717, 1.165) is 18.6 Å². The van der Waals surface area contributed by atoms with Gasteiger partial charge in [0.25, 0.3) is 5.91 Å². The van der Waals surface area contributed by atoms with E-state index in [1.54, 1.807) is 11.8 Å². The molecule has 1 rings (SSSR count). The first kappa shape index (κ1) is 10.4. The number of hydrogen-bond acceptors (Lipinski definition) is 3. The molecule has 1 heterocycles. The lowest BCUT2D eigenvalue weighted by Crippen LogP contribution is -2.34.